The van der Waals surface area contributed by atoms with E-state index in [1.54, 1.807) is 13.1 Å². The van der Waals surface area contributed by atoms with E-state index in [1.165, 1.54) is 10.9 Å². The lowest BCUT2D eigenvalue weighted by molar-refractivity contribution is 0.606. The summed E-state index contributed by atoms with van der Waals surface area (Å²) in [7, 11) is 1.68. The minimum atomic E-state index is -0.381. The van der Waals surface area contributed by atoms with Crippen LogP contribution >= 0.6 is 0 Å². The van der Waals surface area contributed by atoms with E-state index in [2.05, 4.69) is 20.4 Å². The first-order chi connectivity index (χ1) is 7.65. The number of pyridine rings is 1. The molecule has 7 heteroatoms. The van der Waals surface area contributed by atoms with Gasteiger partial charge in [0.25, 0.3) is 0 Å². The highest BCUT2D eigenvalue weighted by molar-refractivity contribution is 5.10. The average molecular weight is 222 g/mol. The fourth-order valence-corrected chi connectivity index (χ4v) is 1.31. The Labute approximate surface area is 91.3 Å². The largest absolute Gasteiger partial charge is 0.322 e. The Morgan fingerprint density at radius 1 is 1.50 bits per heavy atom. The molecule has 0 amide bonds. The van der Waals surface area contributed by atoms with E-state index in [1.807, 2.05) is 0 Å². The van der Waals surface area contributed by atoms with Crippen LogP contribution in [0.25, 0.3) is 0 Å². The first-order valence-corrected chi connectivity index (χ1v) is 4.75. The summed E-state index contributed by atoms with van der Waals surface area (Å²) in [6, 6.07) is 2.52. The Balaban J connectivity index is 2.08. The molecule has 16 heavy (non-hydrogen) atoms. The van der Waals surface area contributed by atoms with Gasteiger partial charge in [0.05, 0.1) is 25.0 Å². The lowest BCUT2D eigenvalue weighted by Gasteiger charge is -2.07. The second-order valence-corrected chi connectivity index (χ2v) is 3.41. The third-order valence-corrected chi connectivity index (χ3v) is 2.08. The Morgan fingerprint density at radius 2 is 2.31 bits per heavy atom. The molecule has 0 aliphatic heterocycles. The highest BCUT2D eigenvalue weighted by Crippen LogP contribution is 2.11. The molecule has 0 radical (unpaired) electrons. The Hall–Kier alpha value is -1.89. The zero-order chi connectivity index (χ0) is 11.5. The van der Waals surface area contributed by atoms with Gasteiger partial charge in [0.2, 0.25) is 0 Å². The van der Waals surface area contributed by atoms with E-state index in [4.69, 9.17) is 5.73 Å². The number of halogens is 1. The topological polar surface area (TPSA) is 82.5 Å². The third-order valence-electron chi connectivity index (χ3n) is 2.08. The molecule has 2 heterocycles. The van der Waals surface area contributed by atoms with Crippen molar-refractivity contribution < 1.29 is 4.39 Å². The van der Waals surface area contributed by atoms with E-state index in [0.29, 0.717) is 17.9 Å². The molecule has 6 nitrogen and oxygen atoms in total. The van der Waals surface area contributed by atoms with Crippen LogP contribution in [0.15, 0.2) is 18.3 Å². The maximum atomic E-state index is 12.6. The van der Waals surface area contributed by atoms with Crippen LogP contribution in [0.2, 0.25) is 0 Å². The van der Waals surface area contributed by atoms with E-state index < -0.39 is 0 Å². The van der Waals surface area contributed by atoms with Gasteiger partial charge in [0, 0.05) is 6.42 Å². The molecule has 1 atom stereocenters. The molecule has 0 aromatic carbocycles. The quantitative estimate of drug-likeness (QED) is 0.789. The van der Waals surface area contributed by atoms with Gasteiger partial charge in [-0.3, -0.25) is 4.98 Å². The molecule has 0 aliphatic carbocycles. The van der Waals surface area contributed by atoms with Crippen molar-refractivity contribution in [2.45, 2.75) is 12.5 Å². The zero-order valence-corrected chi connectivity index (χ0v) is 8.71. The molecule has 2 aromatic heterocycles. The number of aryl methyl sites for hydroxylation is 1. The number of nitrogens with two attached hydrogens (primary N) is 1. The number of rotatable bonds is 3. The molecule has 2 N–H and O–H groups in total. The summed E-state index contributed by atoms with van der Waals surface area (Å²) in [5, 5.41) is 11.5. The van der Waals surface area contributed by atoms with Crippen LogP contribution in [0, 0.1) is 5.82 Å². The first kappa shape index (κ1) is 10.6. The summed E-state index contributed by atoms with van der Waals surface area (Å²) in [5.74, 6) is 0.162. The van der Waals surface area contributed by atoms with Gasteiger partial charge in [0.1, 0.15) is 5.82 Å². The summed E-state index contributed by atoms with van der Waals surface area (Å²) < 4.78 is 12.6. The van der Waals surface area contributed by atoms with Gasteiger partial charge < -0.3 is 5.73 Å². The number of hydrogen-bond donors (Lipinski definition) is 1. The highest BCUT2D eigenvalue weighted by Gasteiger charge is 2.11. The summed E-state index contributed by atoms with van der Waals surface area (Å²) in [6.45, 7) is 0. The standard InChI is InChI=1S/C9H11FN6/c1-16-14-9(13-15-16)4-7(11)8-3-2-6(10)5-12-8/h2-3,5,7H,4,11H2,1H3. The number of aromatic nitrogens is 5. The highest BCUT2D eigenvalue weighted by atomic mass is 19.1. The van der Waals surface area contributed by atoms with Gasteiger partial charge in [-0.1, -0.05) is 0 Å². The fourth-order valence-electron chi connectivity index (χ4n) is 1.31. The molecular weight excluding hydrogens is 211 g/mol. The van der Waals surface area contributed by atoms with Crippen molar-refractivity contribution in [3.05, 3.63) is 35.7 Å². The van der Waals surface area contributed by atoms with Gasteiger partial charge in [0.15, 0.2) is 5.82 Å². The minimum absolute atomic E-state index is 0.357. The lowest BCUT2D eigenvalue weighted by atomic mass is 10.1. The molecular formula is C9H11FN6. The second-order valence-electron chi connectivity index (χ2n) is 3.41. The molecule has 84 valence electrons. The van der Waals surface area contributed by atoms with Gasteiger partial charge in [-0.15, -0.1) is 10.2 Å². The van der Waals surface area contributed by atoms with E-state index in [9.17, 15) is 4.39 Å². The summed E-state index contributed by atoms with van der Waals surface area (Å²) in [4.78, 5) is 5.26. The molecule has 0 saturated heterocycles. The predicted molar refractivity (Wildman–Crippen MR) is 53.6 cm³/mol. The summed E-state index contributed by atoms with van der Waals surface area (Å²) >= 11 is 0. The Kier molecular flexibility index (Phi) is 2.86. The maximum absolute atomic E-state index is 12.6. The number of nitrogens with zero attached hydrogens (tertiary/aromatic N) is 5. The van der Waals surface area contributed by atoms with Crippen LogP contribution < -0.4 is 5.73 Å². The van der Waals surface area contributed by atoms with Gasteiger partial charge in [-0.05, 0) is 17.3 Å². The predicted octanol–water partition coefficient (Wildman–Crippen LogP) is -0.0133. The van der Waals surface area contributed by atoms with Crippen LogP contribution in [0.5, 0.6) is 0 Å². The summed E-state index contributed by atoms with van der Waals surface area (Å²) in [6.07, 6.45) is 1.56. The van der Waals surface area contributed by atoms with Crippen molar-refractivity contribution in [2.75, 3.05) is 0 Å². The SMILES string of the molecule is Cn1nnc(CC(N)c2ccc(F)cn2)n1. The zero-order valence-electron chi connectivity index (χ0n) is 8.71. The van der Waals surface area contributed by atoms with E-state index in [0.717, 1.165) is 6.20 Å². The molecule has 0 fully saturated rings. The van der Waals surface area contributed by atoms with Gasteiger partial charge >= 0.3 is 0 Å². The molecule has 2 rings (SSSR count). The maximum Gasteiger partial charge on any atom is 0.176 e. The van der Waals surface area contributed by atoms with E-state index >= 15 is 0 Å². The minimum Gasteiger partial charge on any atom is -0.322 e. The molecule has 2 aromatic rings. The normalized spacial score (nSPS) is 12.7. The molecule has 1 unspecified atom stereocenters. The smallest absolute Gasteiger partial charge is 0.176 e. The molecule has 0 bridgehead atoms. The molecule has 0 saturated carbocycles. The van der Waals surface area contributed by atoms with Crippen molar-refractivity contribution in [3.63, 3.8) is 0 Å². The van der Waals surface area contributed by atoms with Crippen LogP contribution in [-0.4, -0.2) is 25.2 Å². The third kappa shape index (κ3) is 2.37. The number of tetrazole rings is 1. The Morgan fingerprint density at radius 3 is 2.88 bits per heavy atom. The monoisotopic (exact) mass is 222 g/mol. The fraction of sp³-hybridized carbons (Fsp3) is 0.333. The molecule has 0 spiro atoms. The van der Waals surface area contributed by atoms with Gasteiger partial charge in [-0.2, -0.15) is 4.80 Å². The Bertz CT molecular complexity index is 465. The van der Waals surface area contributed by atoms with Crippen molar-refractivity contribution >= 4 is 0 Å². The van der Waals surface area contributed by atoms with Crippen LogP contribution in [0.3, 0.4) is 0 Å². The lowest BCUT2D eigenvalue weighted by Crippen LogP contribution is -2.15. The second kappa shape index (κ2) is 4.31. The van der Waals surface area contributed by atoms with E-state index in [-0.39, 0.29) is 11.9 Å². The van der Waals surface area contributed by atoms with Crippen LogP contribution in [0.4, 0.5) is 4.39 Å². The van der Waals surface area contributed by atoms with Crippen molar-refractivity contribution in [2.24, 2.45) is 12.8 Å². The van der Waals surface area contributed by atoms with Crippen molar-refractivity contribution in [3.8, 4) is 0 Å². The van der Waals surface area contributed by atoms with Gasteiger partial charge in [-0.25, -0.2) is 4.39 Å². The average Bonchev–Trinajstić information content (AvgIpc) is 2.65. The number of hydrogen-bond acceptors (Lipinski definition) is 5. The van der Waals surface area contributed by atoms with Crippen LogP contribution in [-0.2, 0) is 13.5 Å². The molecule has 0 aliphatic rings. The summed E-state index contributed by atoms with van der Waals surface area (Å²) in [5.41, 5.74) is 6.49. The van der Waals surface area contributed by atoms with Crippen molar-refractivity contribution in [1.82, 2.24) is 25.2 Å². The van der Waals surface area contributed by atoms with Crippen LogP contribution in [0.1, 0.15) is 17.6 Å². The van der Waals surface area contributed by atoms with Crippen molar-refractivity contribution in [1.29, 1.82) is 0 Å². The first-order valence-electron chi connectivity index (χ1n) is 4.75.